The van der Waals surface area contributed by atoms with Crippen molar-refractivity contribution in [2.24, 2.45) is 0 Å². The van der Waals surface area contributed by atoms with E-state index in [1.807, 2.05) is 19.1 Å². The van der Waals surface area contributed by atoms with Crippen LogP contribution < -0.4 is 4.90 Å². The third-order valence-corrected chi connectivity index (χ3v) is 7.93. The van der Waals surface area contributed by atoms with Gasteiger partial charge < -0.3 is 4.74 Å². The summed E-state index contributed by atoms with van der Waals surface area (Å²) in [5.41, 5.74) is 1.99. The number of aryl methyl sites for hydroxylation is 1. The van der Waals surface area contributed by atoms with Crippen molar-refractivity contribution in [3.05, 3.63) is 23.8 Å². The number of anilines is 1. The number of fused-ring (bicyclic) bond motifs is 1. The molecule has 4 rings (SSSR count). The Morgan fingerprint density at radius 2 is 2.14 bits per heavy atom. The van der Waals surface area contributed by atoms with Crippen molar-refractivity contribution >= 4 is 42.6 Å². The highest BCUT2D eigenvalue weighted by Crippen LogP contribution is 2.32. The molecule has 2 aromatic rings. The standard InChI is InChI=1S/C20H27N3O4S2/c1-14-8-9-16-18(12-14)28-20(21-16)22(13-15-6-5-11-27-15)19(24)17-7-3-4-10-23(17)29(2,25)26/h8-9,12,15,17H,3-7,10-11,13H2,1-2H3. The van der Waals surface area contributed by atoms with Gasteiger partial charge in [0.25, 0.3) is 0 Å². The molecule has 0 saturated carbocycles. The molecule has 1 aromatic heterocycles. The molecular weight excluding hydrogens is 410 g/mol. The van der Waals surface area contributed by atoms with E-state index in [9.17, 15) is 13.2 Å². The number of piperidine rings is 1. The van der Waals surface area contributed by atoms with Gasteiger partial charge >= 0.3 is 0 Å². The number of benzene rings is 1. The molecule has 0 bridgehead atoms. The van der Waals surface area contributed by atoms with Crippen molar-refractivity contribution in [3.8, 4) is 0 Å². The zero-order chi connectivity index (χ0) is 20.6. The minimum atomic E-state index is -3.46. The van der Waals surface area contributed by atoms with Gasteiger partial charge in [0.2, 0.25) is 15.9 Å². The molecule has 0 aliphatic carbocycles. The first-order valence-electron chi connectivity index (χ1n) is 10.1. The summed E-state index contributed by atoms with van der Waals surface area (Å²) in [6.07, 6.45) is 5.18. The second-order valence-corrected chi connectivity index (χ2v) is 10.9. The maximum Gasteiger partial charge on any atom is 0.247 e. The first-order valence-corrected chi connectivity index (χ1v) is 12.8. The largest absolute Gasteiger partial charge is 0.376 e. The van der Waals surface area contributed by atoms with Crippen molar-refractivity contribution < 1.29 is 17.9 Å². The van der Waals surface area contributed by atoms with E-state index in [0.29, 0.717) is 31.2 Å². The second kappa shape index (κ2) is 8.29. The highest BCUT2D eigenvalue weighted by atomic mass is 32.2. The third-order valence-electron chi connectivity index (χ3n) is 5.60. The van der Waals surface area contributed by atoms with Gasteiger partial charge in [-0.2, -0.15) is 4.31 Å². The molecule has 0 radical (unpaired) electrons. The lowest BCUT2D eigenvalue weighted by Gasteiger charge is -2.35. The highest BCUT2D eigenvalue weighted by molar-refractivity contribution is 7.88. The first-order chi connectivity index (χ1) is 13.8. The highest BCUT2D eigenvalue weighted by Gasteiger charge is 2.39. The van der Waals surface area contributed by atoms with Crippen LogP contribution in [0.25, 0.3) is 10.2 Å². The number of ether oxygens (including phenoxy) is 1. The lowest BCUT2D eigenvalue weighted by atomic mass is 10.0. The van der Waals surface area contributed by atoms with E-state index in [2.05, 4.69) is 6.07 Å². The van der Waals surface area contributed by atoms with E-state index in [1.165, 1.54) is 21.9 Å². The van der Waals surface area contributed by atoms with Crippen LogP contribution >= 0.6 is 11.3 Å². The van der Waals surface area contributed by atoms with Crippen molar-refractivity contribution in [1.29, 1.82) is 0 Å². The Morgan fingerprint density at radius 3 is 2.86 bits per heavy atom. The van der Waals surface area contributed by atoms with Gasteiger partial charge in [0.15, 0.2) is 5.13 Å². The predicted octanol–water partition coefficient (Wildman–Crippen LogP) is 2.93. The lowest BCUT2D eigenvalue weighted by molar-refractivity contribution is -0.123. The SMILES string of the molecule is Cc1ccc2nc(N(CC3CCCO3)C(=O)C3CCCCN3S(C)(=O)=O)sc2c1. The third kappa shape index (κ3) is 4.47. The molecule has 0 spiro atoms. The van der Waals surface area contributed by atoms with Crippen LogP contribution in [0, 0.1) is 6.92 Å². The Balaban J connectivity index is 1.69. The molecular formula is C20H27N3O4S2. The summed E-state index contributed by atoms with van der Waals surface area (Å²) >= 11 is 1.47. The quantitative estimate of drug-likeness (QED) is 0.719. The van der Waals surface area contributed by atoms with E-state index in [0.717, 1.165) is 41.5 Å². The van der Waals surface area contributed by atoms with Gasteiger partial charge in [0.1, 0.15) is 6.04 Å². The smallest absolute Gasteiger partial charge is 0.247 e. The summed E-state index contributed by atoms with van der Waals surface area (Å²) < 4.78 is 32.8. The monoisotopic (exact) mass is 437 g/mol. The Labute approximate surface area is 175 Å². The van der Waals surface area contributed by atoms with E-state index < -0.39 is 16.1 Å². The number of nitrogens with zero attached hydrogens (tertiary/aromatic N) is 3. The summed E-state index contributed by atoms with van der Waals surface area (Å²) in [5, 5.41) is 0.616. The number of carbonyl (C=O) groups excluding carboxylic acids is 1. The maximum atomic E-state index is 13.6. The summed E-state index contributed by atoms with van der Waals surface area (Å²) in [6.45, 7) is 3.53. The molecule has 9 heteroatoms. The number of rotatable bonds is 5. The molecule has 2 saturated heterocycles. The van der Waals surface area contributed by atoms with Gasteiger partial charge in [-0.05, 0) is 50.3 Å². The van der Waals surface area contributed by atoms with Gasteiger partial charge in [-0.15, -0.1) is 0 Å². The Morgan fingerprint density at radius 1 is 1.31 bits per heavy atom. The number of amides is 1. The van der Waals surface area contributed by atoms with Crippen molar-refractivity contribution in [3.63, 3.8) is 0 Å². The van der Waals surface area contributed by atoms with E-state index in [1.54, 1.807) is 4.90 Å². The van der Waals surface area contributed by atoms with Gasteiger partial charge in [0.05, 0.1) is 29.1 Å². The first kappa shape index (κ1) is 20.7. The number of thiazole rings is 1. The number of carbonyl (C=O) groups is 1. The molecule has 2 aliphatic rings. The Hall–Kier alpha value is -1.55. The average molecular weight is 438 g/mol. The minimum absolute atomic E-state index is 0.0389. The zero-order valence-electron chi connectivity index (χ0n) is 16.8. The van der Waals surface area contributed by atoms with Gasteiger partial charge in [0, 0.05) is 13.2 Å². The van der Waals surface area contributed by atoms with Gasteiger partial charge in [-0.25, -0.2) is 13.4 Å². The number of hydrogen-bond acceptors (Lipinski definition) is 6. The second-order valence-electron chi connectivity index (χ2n) is 7.94. The molecule has 1 amide bonds. The fraction of sp³-hybridized carbons (Fsp3) is 0.600. The molecule has 7 nitrogen and oxygen atoms in total. The van der Waals surface area contributed by atoms with Crippen LogP contribution in [0.5, 0.6) is 0 Å². The van der Waals surface area contributed by atoms with Crippen molar-refractivity contribution in [1.82, 2.24) is 9.29 Å². The summed E-state index contributed by atoms with van der Waals surface area (Å²) in [5.74, 6) is -0.193. The van der Waals surface area contributed by atoms with E-state index >= 15 is 0 Å². The minimum Gasteiger partial charge on any atom is -0.376 e. The van der Waals surface area contributed by atoms with Crippen LogP contribution in [0.2, 0.25) is 0 Å². The average Bonchev–Trinajstić information content (AvgIpc) is 3.34. The van der Waals surface area contributed by atoms with Gasteiger partial charge in [-0.1, -0.05) is 23.8 Å². The number of aromatic nitrogens is 1. The van der Waals surface area contributed by atoms with E-state index in [4.69, 9.17) is 9.72 Å². The van der Waals surface area contributed by atoms with Crippen molar-refractivity contribution in [2.75, 3.05) is 30.9 Å². The number of sulfonamides is 1. The van der Waals surface area contributed by atoms with Crippen LogP contribution in [0.3, 0.4) is 0 Å². The van der Waals surface area contributed by atoms with Crippen LogP contribution in [0.15, 0.2) is 18.2 Å². The molecule has 2 fully saturated rings. The molecule has 2 unspecified atom stereocenters. The molecule has 0 N–H and O–H groups in total. The fourth-order valence-corrected chi connectivity index (χ4v) is 6.32. The maximum absolute atomic E-state index is 13.6. The van der Waals surface area contributed by atoms with Crippen LogP contribution in [0.4, 0.5) is 5.13 Å². The molecule has 2 atom stereocenters. The zero-order valence-corrected chi connectivity index (χ0v) is 18.5. The lowest BCUT2D eigenvalue weighted by Crippen LogP contribution is -2.54. The fourth-order valence-electron chi connectivity index (χ4n) is 4.12. The van der Waals surface area contributed by atoms with Crippen LogP contribution in [0.1, 0.15) is 37.7 Å². The molecule has 2 aliphatic heterocycles. The van der Waals surface area contributed by atoms with E-state index in [-0.39, 0.29) is 12.0 Å². The Kier molecular flexibility index (Phi) is 5.92. The normalized spacial score (nSPS) is 23.5. The van der Waals surface area contributed by atoms with Crippen LogP contribution in [-0.4, -0.2) is 61.7 Å². The summed E-state index contributed by atoms with van der Waals surface area (Å²) in [4.78, 5) is 20.0. The predicted molar refractivity (Wildman–Crippen MR) is 115 cm³/mol. The van der Waals surface area contributed by atoms with Crippen molar-refractivity contribution in [2.45, 2.75) is 51.2 Å². The molecule has 158 valence electrons. The molecule has 1 aromatic carbocycles. The number of hydrogen-bond donors (Lipinski definition) is 0. The molecule has 29 heavy (non-hydrogen) atoms. The summed E-state index contributed by atoms with van der Waals surface area (Å²) in [6, 6.07) is 5.36. The topological polar surface area (TPSA) is 79.8 Å². The molecule has 3 heterocycles. The Bertz CT molecular complexity index is 998. The van der Waals surface area contributed by atoms with Gasteiger partial charge in [-0.3, -0.25) is 9.69 Å². The summed E-state index contributed by atoms with van der Waals surface area (Å²) in [7, 11) is -3.46. The van der Waals surface area contributed by atoms with Crippen LogP contribution in [-0.2, 0) is 19.6 Å².